The first-order chi connectivity index (χ1) is 14.2. The minimum atomic E-state index is -1.96. The summed E-state index contributed by atoms with van der Waals surface area (Å²) in [5.41, 5.74) is 0.949. The van der Waals surface area contributed by atoms with Gasteiger partial charge in [0.2, 0.25) is 0 Å². The fraction of sp³-hybridized carbons (Fsp3) is 0.417. The van der Waals surface area contributed by atoms with Gasteiger partial charge in [-0.15, -0.1) is 0 Å². The maximum Gasteiger partial charge on any atom is 0.257 e. The number of hydrogen-bond acceptors (Lipinski definition) is 4. The van der Waals surface area contributed by atoms with Crippen molar-refractivity contribution in [3.05, 3.63) is 66.3 Å². The molecule has 1 heterocycles. The van der Waals surface area contributed by atoms with Gasteiger partial charge in [-0.3, -0.25) is 4.79 Å². The van der Waals surface area contributed by atoms with Crippen LogP contribution in [0.4, 0.5) is 0 Å². The molecule has 1 radical (unpaired) electrons. The van der Waals surface area contributed by atoms with Gasteiger partial charge >= 0.3 is 0 Å². The Morgan fingerprint density at radius 2 is 1.70 bits per heavy atom. The van der Waals surface area contributed by atoms with Gasteiger partial charge in [0.1, 0.15) is 11.5 Å². The monoisotopic (exact) mass is 425 g/mol. The zero-order chi connectivity index (χ0) is 21.7. The molecular weight excluding hydrogens is 392 g/mol. The lowest BCUT2D eigenvalue weighted by molar-refractivity contribution is -0.135. The first-order valence-electron chi connectivity index (χ1n) is 10.6. The molecule has 3 rings (SSSR count). The van der Waals surface area contributed by atoms with Crippen LogP contribution < -0.4 is 4.74 Å². The molecule has 2 aromatic rings. The number of piperazine rings is 1. The van der Waals surface area contributed by atoms with Crippen LogP contribution in [0.2, 0.25) is 19.6 Å². The van der Waals surface area contributed by atoms with Crippen LogP contribution in [-0.2, 0) is 15.6 Å². The van der Waals surface area contributed by atoms with Gasteiger partial charge in [-0.25, -0.2) is 0 Å². The number of ether oxygens (including phenoxy) is 1. The standard InChI is InChI=1S/C24H33N2O3Si/c1-19-18-26(16-15-25(19)2)24(27)23(29-30(3,4)5)17-20-11-9-10-14-22(20)28-21-12-7-6-8-13-21/h6-14,19H,15-18H2,1-5H3. The summed E-state index contributed by atoms with van der Waals surface area (Å²) < 4.78 is 12.4. The molecule has 6 heteroatoms. The molecule has 30 heavy (non-hydrogen) atoms. The molecule has 1 aliphatic heterocycles. The number of para-hydroxylation sites is 2. The first kappa shape index (κ1) is 22.5. The zero-order valence-electron chi connectivity index (χ0n) is 18.7. The molecule has 1 aliphatic rings. The molecule has 161 valence electrons. The maximum atomic E-state index is 13.4. The van der Waals surface area contributed by atoms with Crippen molar-refractivity contribution in [3.63, 3.8) is 0 Å². The Bertz CT molecular complexity index is 838. The summed E-state index contributed by atoms with van der Waals surface area (Å²) in [5.74, 6) is 1.53. The molecule has 2 aromatic carbocycles. The van der Waals surface area contributed by atoms with Crippen LogP contribution >= 0.6 is 0 Å². The van der Waals surface area contributed by atoms with E-state index in [-0.39, 0.29) is 5.91 Å². The van der Waals surface area contributed by atoms with Crippen LogP contribution in [0.5, 0.6) is 11.5 Å². The van der Waals surface area contributed by atoms with E-state index in [1.54, 1.807) is 0 Å². The number of amides is 1. The quantitative estimate of drug-likeness (QED) is 0.610. The van der Waals surface area contributed by atoms with Crippen LogP contribution in [0.3, 0.4) is 0 Å². The lowest BCUT2D eigenvalue weighted by atomic mass is 10.0. The minimum absolute atomic E-state index is 0.00638. The summed E-state index contributed by atoms with van der Waals surface area (Å²) in [7, 11) is 0.146. The van der Waals surface area contributed by atoms with E-state index in [4.69, 9.17) is 9.16 Å². The maximum absolute atomic E-state index is 13.4. The summed E-state index contributed by atoms with van der Waals surface area (Å²) in [6.45, 7) is 10.8. The Morgan fingerprint density at radius 1 is 1.03 bits per heavy atom. The summed E-state index contributed by atoms with van der Waals surface area (Å²) in [6, 6.07) is 17.9. The number of nitrogens with zero attached hydrogens (tertiary/aromatic N) is 2. The largest absolute Gasteiger partial charge is 0.457 e. The van der Waals surface area contributed by atoms with Crippen molar-refractivity contribution in [2.75, 3.05) is 26.7 Å². The normalized spacial score (nSPS) is 17.9. The van der Waals surface area contributed by atoms with Gasteiger partial charge in [0, 0.05) is 32.1 Å². The molecule has 5 nitrogen and oxygen atoms in total. The van der Waals surface area contributed by atoms with Crippen molar-refractivity contribution in [1.29, 1.82) is 0 Å². The van der Waals surface area contributed by atoms with Crippen molar-refractivity contribution in [2.24, 2.45) is 0 Å². The molecule has 1 unspecified atom stereocenters. The summed E-state index contributed by atoms with van der Waals surface area (Å²) in [6.07, 6.45) is 0.947. The van der Waals surface area contributed by atoms with E-state index in [0.29, 0.717) is 18.6 Å². The summed E-state index contributed by atoms with van der Waals surface area (Å²) in [5, 5.41) is 0. The highest BCUT2D eigenvalue weighted by Gasteiger charge is 2.34. The van der Waals surface area contributed by atoms with Gasteiger partial charge in [-0.2, -0.15) is 0 Å². The van der Waals surface area contributed by atoms with E-state index >= 15 is 0 Å². The first-order valence-corrected chi connectivity index (χ1v) is 14.0. The Hall–Kier alpha value is -2.15. The average Bonchev–Trinajstić information content (AvgIpc) is 2.70. The van der Waals surface area contributed by atoms with E-state index in [0.717, 1.165) is 36.7 Å². The Balaban J connectivity index is 1.81. The highest BCUT2D eigenvalue weighted by atomic mass is 28.4. The number of benzene rings is 2. The van der Waals surface area contributed by atoms with Gasteiger partial charge in [0.05, 0.1) is 0 Å². The van der Waals surface area contributed by atoms with Gasteiger partial charge in [0.15, 0.2) is 14.4 Å². The van der Waals surface area contributed by atoms with Crippen molar-refractivity contribution < 1.29 is 14.0 Å². The van der Waals surface area contributed by atoms with Crippen molar-refractivity contribution >= 4 is 14.2 Å². The molecular formula is C24H33N2O3Si. The SMILES string of the molecule is CC1CN(C(=O)[C](Cc2ccccc2Oc2ccccc2)O[Si](C)(C)C)CCN1C. The predicted molar refractivity (Wildman–Crippen MR) is 123 cm³/mol. The zero-order valence-corrected chi connectivity index (χ0v) is 19.7. The minimum Gasteiger partial charge on any atom is -0.457 e. The summed E-state index contributed by atoms with van der Waals surface area (Å²) in [4.78, 5) is 17.6. The van der Waals surface area contributed by atoms with Crippen LogP contribution in [0.15, 0.2) is 54.6 Å². The average molecular weight is 426 g/mol. The fourth-order valence-electron chi connectivity index (χ4n) is 3.47. The molecule has 0 aliphatic carbocycles. The number of hydrogen-bond donors (Lipinski definition) is 0. The molecule has 0 spiro atoms. The second-order valence-electron chi connectivity index (χ2n) is 8.92. The fourth-order valence-corrected chi connectivity index (χ4v) is 4.37. The molecule has 1 saturated heterocycles. The number of carbonyl (C=O) groups is 1. The molecule has 0 bridgehead atoms. The molecule has 1 atom stereocenters. The van der Waals surface area contributed by atoms with E-state index in [1.165, 1.54) is 0 Å². The third-order valence-electron chi connectivity index (χ3n) is 5.21. The van der Waals surface area contributed by atoms with Gasteiger partial charge in [-0.05, 0) is 57.4 Å². The third-order valence-corrected chi connectivity index (χ3v) is 6.07. The van der Waals surface area contributed by atoms with Crippen LogP contribution in [-0.4, -0.2) is 56.7 Å². The third kappa shape index (κ3) is 6.17. The highest BCUT2D eigenvalue weighted by Crippen LogP contribution is 2.30. The van der Waals surface area contributed by atoms with Gasteiger partial charge in [-0.1, -0.05) is 36.4 Å². The van der Waals surface area contributed by atoms with E-state index in [1.807, 2.05) is 59.5 Å². The number of likely N-dealkylation sites (N-methyl/N-ethyl adjacent to an activating group) is 1. The van der Waals surface area contributed by atoms with E-state index < -0.39 is 8.32 Å². The Morgan fingerprint density at radius 3 is 2.37 bits per heavy atom. The molecule has 0 N–H and O–H groups in total. The van der Waals surface area contributed by atoms with Crippen molar-refractivity contribution in [1.82, 2.24) is 9.80 Å². The summed E-state index contributed by atoms with van der Waals surface area (Å²) >= 11 is 0. The smallest absolute Gasteiger partial charge is 0.257 e. The second kappa shape index (κ2) is 9.77. The van der Waals surface area contributed by atoms with Crippen LogP contribution in [0.1, 0.15) is 12.5 Å². The van der Waals surface area contributed by atoms with Gasteiger partial charge < -0.3 is 19.0 Å². The lowest BCUT2D eigenvalue weighted by Gasteiger charge is -2.39. The number of rotatable bonds is 7. The Kier molecular flexibility index (Phi) is 7.34. The molecule has 1 fully saturated rings. The number of carbonyl (C=O) groups excluding carboxylic acids is 1. The topological polar surface area (TPSA) is 42.0 Å². The molecule has 1 amide bonds. The van der Waals surface area contributed by atoms with Crippen LogP contribution in [0, 0.1) is 6.10 Å². The van der Waals surface area contributed by atoms with Gasteiger partial charge in [0.25, 0.3) is 5.91 Å². The molecule has 0 aromatic heterocycles. The van der Waals surface area contributed by atoms with E-state index in [2.05, 4.69) is 38.5 Å². The van der Waals surface area contributed by atoms with E-state index in [9.17, 15) is 4.79 Å². The highest BCUT2D eigenvalue weighted by molar-refractivity contribution is 6.70. The second-order valence-corrected chi connectivity index (χ2v) is 13.3. The van der Waals surface area contributed by atoms with Crippen molar-refractivity contribution in [3.8, 4) is 11.5 Å². The van der Waals surface area contributed by atoms with Crippen LogP contribution in [0.25, 0.3) is 0 Å². The lowest BCUT2D eigenvalue weighted by Crippen LogP contribution is -2.54. The molecule has 0 saturated carbocycles. The van der Waals surface area contributed by atoms with Crippen molar-refractivity contribution in [2.45, 2.75) is 39.0 Å². The predicted octanol–water partition coefficient (Wildman–Crippen LogP) is 4.57. The Labute approximate surface area is 181 Å².